The molecular formula is C22H27N3O3S. The van der Waals surface area contributed by atoms with Gasteiger partial charge in [0.25, 0.3) is 5.91 Å². The van der Waals surface area contributed by atoms with Crippen molar-refractivity contribution in [3.63, 3.8) is 0 Å². The van der Waals surface area contributed by atoms with Gasteiger partial charge in [-0.05, 0) is 51.3 Å². The minimum atomic E-state index is -0.559. The quantitative estimate of drug-likeness (QED) is 0.805. The zero-order valence-corrected chi connectivity index (χ0v) is 18.0. The second-order valence-electron chi connectivity index (χ2n) is 7.81. The van der Waals surface area contributed by atoms with Gasteiger partial charge in [-0.15, -0.1) is 11.3 Å². The molecule has 2 heterocycles. The molecule has 1 aliphatic carbocycles. The molecule has 1 fully saturated rings. The third-order valence-corrected chi connectivity index (χ3v) is 6.52. The van der Waals surface area contributed by atoms with E-state index in [0.717, 1.165) is 46.8 Å². The largest absolute Gasteiger partial charge is 0.478 e. The van der Waals surface area contributed by atoms with Crippen molar-refractivity contribution in [3.8, 4) is 17.0 Å². The summed E-state index contributed by atoms with van der Waals surface area (Å²) in [6, 6.07) is 6.01. The Labute approximate surface area is 175 Å². The van der Waals surface area contributed by atoms with Gasteiger partial charge in [0.2, 0.25) is 5.91 Å². The number of fused-ring (bicyclic) bond motifs is 1. The molecule has 2 amide bonds. The van der Waals surface area contributed by atoms with Crippen molar-refractivity contribution in [1.82, 2.24) is 10.3 Å². The van der Waals surface area contributed by atoms with E-state index in [2.05, 4.69) is 10.3 Å². The average molecular weight is 414 g/mol. The summed E-state index contributed by atoms with van der Waals surface area (Å²) in [5, 5.41) is 4.09. The van der Waals surface area contributed by atoms with E-state index in [9.17, 15) is 9.59 Å². The number of hydrogen-bond acceptors (Lipinski definition) is 5. The molecule has 7 heteroatoms. The van der Waals surface area contributed by atoms with E-state index in [0.29, 0.717) is 17.9 Å². The molecule has 4 rings (SSSR count). The molecule has 0 saturated heterocycles. The lowest BCUT2D eigenvalue weighted by Gasteiger charge is -2.34. The van der Waals surface area contributed by atoms with Gasteiger partial charge in [-0.1, -0.05) is 19.8 Å². The van der Waals surface area contributed by atoms with Crippen molar-refractivity contribution >= 4 is 28.8 Å². The number of ether oxygens (including phenoxy) is 1. The molecule has 1 saturated carbocycles. The molecule has 2 aromatic rings. The Kier molecular flexibility index (Phi) is 5.58. The number of nitrogens with zero attached hydrogens (tertiary/aromatic N) is 2. The Hall–Kier alpha value is -2.41. The van der Waals surface area contributed by atoms with Crippen LogP contribution < -0.4 is 15.0 Å². The van der Waals surface area contributed by atoms with Crippen LogP contribution in [0.4, 0.5) is 5.69 Å². The van der Waals surface area contributed by atoms with Crippen molar-refractivity contribution in [1.29, 1.82) is 0 Å². The maximum absolute atomic E-state index is 13.0. The van der Waals surface area contributed by atoms with Crippen molar-refractivity contribution in [2.24, 2.45) is 0 Å². The van der Waals surface area contributed by atoms with Crippen LogP contribution in [0.5, 0.6) is 5.75 Å². The van der Waals surface area contributed by atoms with Crippen LogP contribution in [0.15, 0.2) is 18.2 Å². The van der Waals surface area contributed by atoms with Gasteiger partial charge in [0.15, 0.2) is 6.10 Å². The molecule has 1 unspecified atom stereocenters. The fraction of sp³-hybridized carbons (Fsp3) is 0.500. The number of rotatable bonds is 5. The van der Waals surface area contributed by atoms with E-state index in [1.165, 1.54) is 0 Å². The van der Waals surface area contributed by atoms with E-state index in [1.807, 2.05) is 39.0 Å². The predicted octanol–water partition coefficient (Wildman–Crippen LogP) is 3.99. The van der Waals surface area contributed by atoms with Gasteiger partial charge in [0.1, 0.15) is 12.3 Å². The van der Waals surface area contributed by atoms with E-state index in [4.69, 9.17) is 4.74 Å². The minimum absolute atomic E-state index is 0.0146. The number of nitrogens with one attached hydrogen (secondary N) is 1. The molecule has 1 aromatic carbocycles. The van der Waals surface area contributed by atoms with Crippen LogP contribution in [0.1, 0.15) is 48.9 Å². The monoisotopic (exact) mass is 413 g/mol. The predicted molar refractivity (Wildman–Crippen MR) is 114 cm³/mol. The molecule has 29 heavy (non-hydrogen) atoms. The van der Waals surface area contributed by atoms with Crippen LogP contribution in [0.25, 0.3) is 11.3 Å². The van der Waals surface area contributed by atoms with Crippen LogP contribution in [-0.4, -0.2) is 35.5 Å². The second kappa shape index (κ2) is 8.14. The number of carbonyl (C=O) groups is 2. The summed E-state index contributed by atoms with van der Waals surface area (Å²) < 4.78 is 5.92. The summed E-state index contributed by atoms with van der Waals surface area (Å²) >= 11 is 1.65. The Balaban J connectivity index is 1.65. The number of anilines is 1. The second-order valence-corrected chi connectivity index (χ2v) is 9.22. The zero-order valence-electron chi connectivity index (χ0n) is 17.2. The molecule has 154 valence electrons. The summed E-state index contributed by atoms with van der Waals surface area (Å²) in [7, 11) is 0. The molecule has 6 nitrogen and oxygen atoms in total. The first-order valence-corrected chi connectivity index (χ1v) is 11.1. The summed E-state index contributed by atoms with van der Waals surface area (Å²) in [5.74, 6) is 0.363. The first-order valence-electron chi connectivity index (χ1n) is 10.3. The van der Waals surface area contributed by atoms with Crippen LogP contribution in [0.2, 0.25) is 0 Å². The highest BCUT2D eigenvalue weighted by Crippen LogP contribution is 2.39. The molecule has 1 aliphatic heterocycles. The van der Waals surface area contributed by atoms with E-state index < -0.39 is 6.10 Å². The van der Waals surface area contributed by atoms with Crippen molar-refractivity contribution in [2.45, 2.75) is 65.0 Å². The van der Waals surface area contributed by atoms with E-state index in [1.54, 1.807) is 16.2 Å². The third kappa shape index (κ3) is 4.01. The Morgan fingerprint density at radius 3 is 2.72 bits per heavy atom. The topological polar surface area (TPSA) is 71.5 Å². The maximum Gasteiger partial charge on any atom is 0.268 e. The Morgan fingerprint density at radius 1 is 1.31 bits per heavy atom. The summed E-state index contributed by atoms with van der Waals surface area (Å²) in [4.78, 5) is 33.0. The van der Waals surface area contributed by atoms with Gasteiger partial charge in [-0.3, -0.25) is 14.5 Å². The summed E-state index contributed by atoms with van der Waals surface area (Å²) in [6.07, 6.45) is 4.34. The van der Waals surface area contributed by atoms with Crippen LogP contribution >= 0.6 is 11.3 Å². The first-order chi connectivity index (χ1) is 14.0. The lowest BCUT2D eigenvalue weighted by Crippen LogP contribution is -2.50. The van der Waals surface area contributed by atoms with Gasteiger partial charge in [-0.25, -0.2) is 4.98 Å². The van der Waals surface area contributed by atoms with Crippen molar-refractivity contribution < 1.29 is 14.3 Å². The molecule has 0 spiro atoms. The van der Waals surface area contributed by atoms with Gasteiger partial charge in [0.05, 0.1) is 16.4 Å². The van der Waals surface area contributed by atoms with E-state index >= 15 is 0 Å². The van der Waals surface area contributed by atoms with Gasteiger partial charge >= 0.3 is 0 Å². The smallest absolute Gasteiger partial charge is 0.268 e. The number of aromatic nitrogens is 1. The lowest BCUT2D eigenvalue weighted by atomic mass is 10.1. The number of amides is 2. The van der Waals surface area contributed by atoms with Crippen molar-refractivity contribution in [3.05, 3.63) is 28.1 Å². The maximum atomic E-state index is 13.0. The van der Waals surface area contributed by atoms with Crippen molar-refractivity contribution in [2.75, 3.05) is 11.4 Å². The standard InChI is InChI=1S/C22H27N3O3S/c1-4-18-22(27)25(12-20(26)24-16-7-5-6-8-16)17-11-15(9-10-19(17)28-18)21-13(2)29-14(3)23-21/h9-11,16,18H,4-8,12H2,1-3H3,(H,24,26). The average Bonchev–Trinajstić information content (AvgIpc) is 3.32. The van der Waals surface area contributed by atoms with Gasteiger partial charge in [-0.2, -0.15) is 0 Å². The number of carbonyl (C=O) groups excluding carboxylic acids is 2. The molecule has 0 radical (unpaired) electrons. The van der Waals surface area contributed by atoms with Crippen LogP contribution in [0, 0.1) is 13.8 Å². The highest BCUT2D eigenvalue weighted by atomic mass is 32.1. The zero-order chi connectivity index (χ0) is 20.5. The molecule has 0 bridgehead atoms. The highest BCUT2D eigenvalue weighted by molar-refractivity contribution is 7.11. The number of benzene rings is 1. The van der Waals surface area contributed by atoms with Gasteiger partial charge < -0.3 is 10.1 Å². The molecular weight excluding hydrogens is 386 g/mol. The summed E-state index contributed by atoms with van der Waals surface area (Å²) in [6.45, 7) is 5.96. The highest BCUT2D eigenvalue weighted by Gasteiger charge is 2.35. The number of hydrogen-bond donors (Lipinski definition) is 1. The lowest BCUT2D eigenvalue weighted by molar-refractivity contribution is -0.129. The van der Waals surface area contributed by atoms with Crippen LogP contribution in [-0.2, 0) is 9.59 Å². The summed E-state index contributed by atoms with van der Waals surface area (Å²) in [5.41, 5.74) is 2.48. The molecule has 1 atom stereocenters. The minimum Gasteiger partial charge on any atom is -0.478 e. The van der Waals surface area contributed by atoms with Crippen LogP contribution in [0.3, 0.4) is 0 Å². The molecule has 1 N–H and O–H groups in total. The van der Waals surface area contributed by atoms with E-state index in [-0.39, 0.29) is 24.4 Å². The number of thiazole rings is 1. The third-order valence-electron chi connectivity index (χ3n) is 5.63. The fourth-order valence-electron chi connectivity index (χ4n) is 4.18. The Bertz CT molecular complexity index is 933. The molecule has 2 aliphatic rings. The Morgan fingerprint density at radius 2 is 2.07 bits per heavy atom. The normalized spacial score (nSPS) is 19.2. The number of aryl methyl sites for hydroxylation is 2. The fourth-order valence-corrected chi connectivity index (χ4v) is 5.02. The SMILES string of the molecule is CCC1Oc2ccc(-c3nc(C)sc3C)cc2N(CC(=O)NC2CCCC2)C1=O. The van der Waals surface area contributed by atoms with Gasteiger partial charge in [0, 0.05) is 16.5 Å². The first kappa shape index (κ1) is 19.9. The molecule has 1 aromatic heterocycles.